The molecule has 1 N–H and O–H groups in total. The normalized spacial score (nSPS) is 17.2. The Morgan fingerprint density at radius 3 is 2.35 bits per heavy atom. The number of hydrogen-bond acceptors (Lipinski definition) is 1. The molecule has 0 spiro atoms. The number of hydrogen-bond donors (Lipinski definition) is 1. The van der Waals surface area contributed by atoms with E-state index in [0.29, 0.717) is 0 Å². The van der Waals surface area contributed by atoms with Crippen molar-refractivity contribution in [3.63, 3.8) is 0 Å². The highest BCUT2D eigenvalue weighted by Gasteiger charge is 2.13. The van der Waals surface area contributed by atoms with Crippen molar-refractivity contribution in [1.29, 1.82) is 0 Å². The molecule has 94 valence electrons. The van der Waals surface area contributed by atoms with Gasteiger partial charge in [0.05, 0.1) is 0 Å². The molecule has 1 saturated heterocycles. The van der Waals surface area contributed by atoms with E-state index in [1.807, 2.05) is 0 Å². The van der Waals surface area contributed by atoms with Crippen LogP contribution in [-0.4, -0.2) is 13.1 Å². The lowest BCUT2D eigenvalue weighted by molar-refractivity contribution is 0.372. The van der Waals surface area contributed by atoms with Crippen LogP contribution in [0.1, 0.15) is 43.7 Å². The lowest BCUT2D eigenvalue weighted by atomic mass is 9.90. The topological polar surface area (TPSA) is 12.0 Å². The van der Waals surface area contributed by atoms with E-state index in [1.165, 1.54) is 62.7 Å². The predicted octanol–water partition coefficient (Wildman–Crippen LogP) is 3.57. The summed E-state index contributed by atoms with van der Waals surface area (Å²) in [7, 11) is 0. The van der Waals surface area contributed by atoms with Gasteiger partial charge in [-0.3, -0.25) is 0 Å². The van der Waals surface area contributed by atoms with Gasteiger partial charge in [-0.1, -0.05) is 37.6 Å². The second-order valence-electron chi connectivity index (χ2n) is 5.32. The Kier molecular flexibility index (Phi) is 5.06. The lowest BCUT2D eigenvalue weighted by Gasteiger charge is -2.22. The molecule has 1 heterocycles. The molecule has 2 rings (SSSR count). The summed E-state index contributed by atoms with van der Waals surface area (Å²) in [5.74, 6) is 0.901. The maximum Gasteiger partial charge on any atom is -0.00462 e. The zero-order valence-electron chi connectivity index (χ0n) is 11.0. The Morgan fingerprint density at radius 2 is 1.71 bits per heavy atom. The largest absolute Gasteiger partial charge is 0.317 e. The van der Waals surface area contributed by atoms with E-state index in [1.54, 1.807) is 0 Å². The minimum Gasteiger partial charge on any atom is -0.317 e. The van der Waals surface area contributed by atoms with Crippen molar-refractivity contribution in [2.75, 3.05) is 13.1 Å². The number of benzene rings is 1. The molecule has 0 aromatic heterocycles. The maximum absolute atomic E-state index is 3.43. The van der Waals surface area contributed by atoms with Gasteiger partial charge >= 0.3 is 0 Å². The Labute approximate surface area is 106 Å². The molecule has 0 amide bonds. The fraction of sp³-hybridized carbons (Fsp3) is 0.625. The molecule has 1 nitrogen and oxygen atoms in total. The van der Waals surface area contributed by atoms with Gasteiger partial charge in [0.1, 0.15) is 0 Å². The molecule has 0 saturated carbocycles. The van der Waals surface area contributed by atoms with Crippen molar-refractivity contribution in [2.45, 2.75) is 45.4 Å². The summed E-state index contributed by atoms with van der Waals surface area (Å²) >= 11 is 0. The smallest absolute Gasteiger partial charge is 0.00462 e. The van der Waals surface area contributed by atoms with Crippen LogP contribution >= 0.6 is 0 Å². The molecule has 1 aromatic rings. The third kappa shape index (κ3) is 4.16. The summed E-state index contributed by atoms with van der Waals surface area (Å²) in [5, 5.41) is 3.43. The van der Waals surface area contributed by atoms with Crippen molar-refractivity contribution in [2.24, 2.45) is 5.92 Å². The van der Waals surface area contributed by atoms with Crippen LogP contribution in [0, 0.1) is 5.92 Å². The van der Waals surface area contributed by atoms with Gasteiger partial charge in [-0.2, -0.15) is 0 Å². The molecule has 0 radical (unpaired) electrons. The standard InChI is InChI=1S/C16H25N/c1-2-3-4-14-5-7-15(8-6-14)13-16-9-11-17-12-10-16/h5-8,16-17H,2-4,9-13H2,1H3. The fourth-order valence-corrected chi connectivity index (χ4v) is 2.64. The Morgan fingerprint density at radius 1 is 1.06 bits per heavy atom. The van der Waals surface area contributed by atoms with E-state index in [2.05, 4.69) is 36.5 Å². The van der Waals surface area contributed by atoms with Crippen molar-refractivity contribution < 1.29 is 0 Å². The van der Waals surface area contributed by atoms with Gasteiger partial charge in [-0.15, -0.1) is 0 Å². The summed E-state index contributed by atoms with van der Waals surface area (Å²) in [4.78, 5) is 0. The first-order valence-corrected chi connectivity index (χ1v) is 7.17. The van der Waals surface area contributed by atoms with Crippen LogP contribution in [0.15, 0.2) is 24.3 Å². The van der Waals surface area contributed by atoms with Gasteiger partial charge in [0.25, 0.3) is 0 Å². The molecular formula is C16H25N. The second-order valence-corrected chi connectivity index (χ2v) is 5.32. The number of aryl methyl sites for hydroxylation is 1. The zero-order valence-corrected chi connectivity index (χ0v) is 11.0. The number of nitrogens with one attached hydrogen (secondary N) is 1. The summed E-state index contributed by atoms with van der Waals surface area (Å²) in [5.41, 5.74) is 3.03. The molecule has 0 unspecified atom stereocenters. The number of rotatable bonds is 5. The Hall–Kier alpha value is -0.820. The summed E-state index contributed by atoms with van der Waals surface area (Å²) in [6, 6.07) is 9.33. The van der Waals surface area contributed by atoms with Gasteiger partial charge < -0.3 is 5.32 Å². The zero-order chi connectivity index (χ0) is 11.9. The van der Waals surface area contributed by atoms with E-state index in [4.69, 9.17) is 0 Å². The lowest BCUT2D eigenvalue weighted by Crippen LogP contribution is -2.28. The average molecular weight is 231 g/mol. The van der Waals surface area contributed by atoms with Gasteiger partial charge in [-0.25, -0.2) is 0 Å². The monoisotopic (exact) mass is 231 g/mol. The van der Waals surface area contributed by atoms with Gasteiger partial charge in [0.2, 0.25) is 0 Å². The van der Waals surface area contributed by atoms with Gasteiger partial charge in [-0.05, 0) is 62.2 Å². The Bertz CT molecular complexity index is 309. The minimum absolute atomic E-state index is 0.901. The molecule has 1 fully saturated rings. The Balaban J connectivity index is 1.84. The SMILES string of the molecule is CCCCc1ccc(CC2CCNCC2)cc1. The predicted molar refractivity (Wildman–Crippen MR) is 74.4 cm³/mol. The van der Waals surface area contributed by atoms with E-state index >= 15 is 0 Å². The highest BCUT2D eigenvalue weighted by Crippen LogP contribution is 2.18. The van der Waals surface area contributed by atoms with Crippen LogP contribution in [0.3, 0.4) is 0 Å². The molecule has 1 aliphatic rings. The molecule has 1 aromatic carbocycles. The van der Waals surface area contributed by atoms with Crippen LogP contribution < -0.4 is 5.32 Å². The van der Waals surface area contributed by atoms with Crippen LogP contribution in [-0.2, 0) is 12.8 Å². The van der Waals surface area contributed by atoms with E-state index in [0.717, 1.165) is 5.92 Å². The first kappa shape index (κ1) is 12.6. The number of piperidine rings is 1. The quantitative estimate of drug-likeness (QED) is 0.817. The summed E-state index contributed by atoms with van der Waals surface area (Å²) in [6.45, 7) is 4.67. The fourth-order valence-electron chi connectivity index (χ4n) is 2.64. The maximum atomic E-state index is 3.43. The van der Waals surface area contributed by atoms with Gasteiger partial charge in [0, 0.05) is 0 Å². The summed E-state index contributed by atoms with van der Waals surface area (Å²) in [6.07, 6.45) is 7.81. The minimum atomic E-state index is 0.901. The third-order valence-corrected chi connectivity index (χ3v) is 3.83. The molecule has 0 atom stereocenters. The summed E-state index contributed by atoms with van der Waals surface area (Å²) < 4.78 is 0. The van der Waals surface area contributed by atoms with E-state index in [9.17, 15) is 0 Å². The van der Waals surface area contributed by atoms with Crippen molar-refractivity contribution >= 4 is 0 Å². The first-order valence-electron chi connectivity index (χ1n) is 7.17. The van der Waals surface area contributed by atoms with Crippen LogP contribution in [0.4, 0.5) is 0 Å². The molecule has 17 heavy (non-hydrogen) atoms. The van der Waals surface area contributed by atoms with Crippen LogP contribution in [0.5, 0.6) is 0 Å². The molecule has 1 heteroatoms. The van der Waals surface area contributed by atoms with Crippen molar-refractivity contribution in [3.05, 3.63) is 35.4 Å². The molecular weight excluding hydrogens is 206 g/mol. The van der Waals surface area contributed by atoms with Crippen molar-refractivity contribution in [3.8, 4) is 0 Å². The third-order valence-electron chi connectivity index (χ3n) is 3.83. The second kappa shape index (κ2) is 6.80. The van der Waals surface area contributed by atoms with Crippen LogP contribution in [0.2, 0.25) is 0 Å². The van der Waals surface area contributed by atoms with E-state index < -0.39 is 0 Å². The molecule has 1 aliphatic heterocycles. The highest BCUT2D eigenvalue weighted by molar-refractivity contribution is 5.23. The average Bonchev–Trinajstić information content (AvgIpc) is 2.39. The van der Waals surface area contributed by atoms with Crippen LogP contribution in [0.25, 0.3) is 0 Å². The molecule has 0 bridgehead atoms. The number of unbranched alkanes of at least 4 members (excludes halogenated alkanes) is 1. The van der Waals surface area contributed by atoms with Crippen molar-refractivity contribution in [1.82, 2.24) is 5.32 Å². The first-order chi connectivity index (χ1) is 8.38. The van der Waals surface area contributed by atoms with Gasteiger partial charge in [0.15, 0.2) is 0 Å². The van der Waals surface area contributed by atoms with E-state index in [-0.39, 0.29) is 0 Å². The highest BCUT2D eigenvalue weighted by atomic mass is 14.9. The molecule has 0 aliphatic carbocycles.